The molecule has 2 aromatic rings. The number of nitriles is 1. The van der Waals surface area contributed by atoms with Gasteiger partial charge in [-0.2, -0.15) is 5.26 Å². The Bertz CT molecular complexity index is 593. The van der Waals surface area contributed by atoms with Gasteiger partial charge in [0.1, 0.15) is 11.1 Å². The zero-order chi connectivity index (χ0) is 12.3. The second kappa shape index (κ2) is 5.09. The number of nitrogens with zero attached hydrogens (tertiary/aromatic N) is 2. The highest BCUT2D eigenvalue weighted by Crippen LogP contribution is 2.32. The first kappa shape index (κ1) is 11.8. The van der Waals surface area contributed by atoms with E-state index < -0.39 is 0 Å². The van der Waals surface area contributed by atoms with Gasteiger partial charge in [0.2, 0.25) is 0 Å². The summed E-state index contributed by atoms with van der Waals surface area (Å²) in [5.74, 6) is 0. The van der Waals surface area contributed by atoms with Crippen molar-refractivity contribution < 1.29 is 0 Å². The highest BCUT2D eigenvalue weighted by Gasteiger charge is 2.05. The van der Waals surface area contributed by atoms with Crippen molar-refractivity contribution in [1.82, 2.24) is 4.98 Å². The molecule has 5 heteroatoms. The molecular formula is C12H8ClN3S. The molecule has 1 heterocycles. The first-order valence-electron chi connectivity index (χ1n) is 4.78. The number of halogens is 1. The molecule has 0 aliphatic heterocycles. The zero-order valence-electron chi connectivity index (χ0n) is 8.72. The number of hydrogen-bond donors (Lipinski definition) is 1. The van der Waals surface area contributed by atoms with Crippen LogP contribution in [0.5, 0.6) is 0 Å². The lowest BCUT2D eigenvalue weighted by atomic mass is 10.2. The molecule has 2 N–H and O–H groups in total. The van der Waals surface area contributed by atoms with Crippen LogP contribution in [0.25, 0.3) is 0 Å². The van der Waals surface area contributed by atoms with E-state index in [1.807, 2.05) is 12.1 Å². The number of benzene rings is 1. The predicted molar refractivity (Wildman–Crippen MR) is 68.9 cm³/mol. The molecule has 0 radical (unpaired) electrons. The lowest BCUT2D eigenvalue weighted by Crippen LogP contribution is -1.90. The molecule has 1 aromatic carbocycles. The van der Waals surface area contributed by atoms with Gasteiger partial charge in [0.05, 0.1) is 16.3 Å². The highest BCUT2D eigenvalue weighted by molar-refractivity contribution is 7.99. The summed E-state index contributed by atoms with van der Waals surface area (Å²) in [4.78, 5) is 5.08. The van der Waals surface area contributed by atoms with E-state index in [1.54, 1.807) is 30.5 Å². The van der Waals surface area contributed by atoms with Crippen molar-refractivity contribution in [1.29, 1.82) is 5.26 Å². The van der Waals surface area contributed by atoms with E-state index in [0.717, 1.165) is 9.92 Å². The van der Waals surface area contributed by atoms with Crippen molar-refractivity contribution in [2.45, 2.75) is 9.92 Å². The Balaban J connectivity index is 2.29. The average molecular weight is 262 g/mol. The van der Waals surface area contributed by atoms with Crippen LogP contribution >= 0.6 is 23.4 Å². The van der Waals surface area contributed by atoms with Gasteiger partial charge in [-0.15, -0.1) is 0 Å². The van der Waals surface area contributed by atoms with Crippen LogP contribution in [0.4, 0.5) is 5.69 Å². The Morgan fingerprint density at radius 1 is 1.35 bits per heavy atom. The minimum absolute atomic E-state index is 0.437. The zero-order valence-corrected chi connectivity index (χ0v) is 10.3. The predicted octanol–water partition coefficient (Wildman–Crippen LogP) is 3.34. The lowest BCUT2D eigenvalue weighted by molar-refractivity contribution is 1.14. The smallest absolute Gasteiger partial charge is 0.124 e. The molecule has 0 atom stereocenters. The number of pyridine rings is 1. The van der Waals surface area contributed by atoms with Crippen molar-refractivity contribution in [3.8, 4) is 6.07 Å². The normalized spacial score (nSPS) is 9.88. The minimum Gasteiger partial charge on any atom is -0.397 e. The summed E-state index contributed by atoms with van der Waals surface area (Å²) in [6.07, 6.45) is 1.68. The third-order valence-electron chi connectivity index (χ3n) is 2.08. The summed E-state index contributed by atoms with van der Waals surface area (Å²) in [6, 6.07) is 10.8. The fourth-order valence-electron chi connectivity index (χ4n) is 1.25. The van der Waals surface area contributed by atoms with Crippen LogP contribution in [-0.4, -0.2) is 4.98 Å². The largest absolute Gasteiger partial charge is 0.397 e. The molecule has 1 aromatic heterocycles. The molecule has 0 bridgehead atoms. The number of hydrogen-bond acceptors (Lipinski definition) is 4. The molecule has 3 nitrogen and oxygen atoms in total. The van der Waals surface area contributed by atoms with Gasteiger partial charge in [0.15, 0.2) is 0 Å². The van der Waals surface area contributed by atoms with Crippen molar-refractivity contribution in [3.63, 3.8) is 0 Å². The Morgan fingerprint density at radius 2 is 2.18 bits per heavy atom. The fourth-order valence-corrected chi connectivity index (χ4v) is 2.37. The van der Waals surface area contributed by atoms with Gasteiger partial charge >= 0.3 is 0 Å². The Hall–Kier alpha value is -1.70. The number of aromatic nitrogens is 1. The molecule has 0 aliphatic carbocycles. The summed E-state index contributed by atoms with van der Waals surface area (Å²) >= 11 is 7.37. The maximum atomic E-state index is 8.77. The van der Waals surface area contributed by atoms with E-state index in [0.29, 0.717) is 16.3 Å². The van der Waals surface area contributed by atoms with Crippen LogP contribution in [0.3, 0.4) is 0 Å². The molecule has 17 heavy (non-hydrogen) atoms. The molecule has 0 aliphatic rings. The summed E-state index contributed by atoms with van der Waals surface area (Å²) in [7, 11) is 0. The van der Waals surface area contributed by atoms with E-state index in [-0.39, 0.29) is 0 Å². The molecule has 0 unspecified atom stereocenters. The van der Waals surface area contributed by atoms with Gasteiger partial charge in [-0.3, -0.25) is 0 Å². The highest BCUT2D eigenvalue weighted by atomic mass is 35.5. The Morgan fingerprint density at radius 3 is 2.82 bits per heavy atom. The third kappa shape index (κ3) is 2.70. The molecule has 0 saturated heterocycles. The van der Waals surface area contributed by atoms with Gasteiger partial charge < -0.3 is 5.73 Å². The standard InChI is InChI=1S/C12H8ClN3S/c13-10-6-9(4-3-8(10)7-14)17-12-11(15)2-1-5-16-12/h1-6H,15H2. The molecule has 84 valence electrons. The second-order valence-electron chi connectivity index (χ2n) is 3.25. The van der Waals surface area contributed by atoms with E-state index in [1.165, 1.54) is 11.8 Å². The van der Waals surface area contributed by atoms with Crippen LogP contribution in [0.15, 0.2) is 46.5 Å². The number of rotatable bonds is 2. The number of nitrogen functional groups attached to an aromatic ring is 1. The van der Waals surface area contributed by atoms with Gasteiger partial charge in [0, 0.05) is 11.1 Å². The Kier molecular flexibility index (Phi) is 3.52. The van der Waals surface area contributed by atoms with Crippen LogP contribution in [0, 0.1) is 11.3 Å². The summed E-state index contributed by atoms with van der Waals surface area (Å²) in [5.41, 5.74) is 6.88. The van der Waals surface area contributed by atoms with Crippen LogP contribution in [0.1, 0.15) is 5.56 Å². The third-order valence-corrected chi connectivity index (χ3v) is 3.41. The van der Waals surface area contributed by atoms with Gasteiger partial charge in [-0.25, -0.2) is 4.98 Å². The lowest BCUT2D eigenvalue weighted by Gasteiger charge is -2.04. The van der Waals surface area contributed by atoms with Gasteiger partial charge in [-0.1, -0.05) is 23.4 Å². The maximum absolute atomic E-state index is 8.77. The molecule has 0 amide bonds. The van der Waals surface area contributed by atoms with Crippen molar-refractivity contribution in [2.75, 3.05) is 5.73 Å². The maximum Gasteiger partial charge on any atom is 0.124 e. The van der Waals surface area contributed by atoms with Crippen LogP contribution < -0.4 is 5.73 Å². The van der Waals surface area contributed by atoms with Gasteiger partial charge in [-0.05, 0) is 30.3 Å². The SMILES string of the molecule is N#Cc1ccc(Sc2ncccc2N)cc1Cl. The Labute approximate surface area is 108 Å². The topological polar surface area (TPSA) is 62.7 Å². The molecule has 2 rings (SSSR count). The van der Waals surface area contributed by atoms with Crippen molar-refractivity contribution >= 4 is 29.1 Å². The first-order chi connectivity index (χ1) is 8.20. The minimum atomic E-state index is 0.437. The van der Waals surface area contributed by atoms with Crippen molar-refractivity contribution in [2.24, 2.45) is 0 Å². The second-order valence-corrected chi connectivity index (χ2v) is 4.72. The van der Waals surface area contributed by atoms with E-state index in [9.17, 15) is 0 Å². The van der Waals surface area contributed by atoms with Crippen molar-refractivity contribution in [3.05, 3.63) is 47.1 Å². The molecule has 0 spiro atoms. The van der Waals surface area contributed by atoms with Crippen LogP contribution in [-0.2, 0) is 0 Å². The quantitative estimate of drug-likeness (QED) is 0.901. The number of nitrogens with two attached hydrogens (primary N) is 1. The molecular weight excluding hydrogens is 254 g/mol. The van der Waals surface area contributed by atoms with E-state index in [4.69, 9.17) is 22.6 Å². The van der Waals surface area contributed by atoms with E-state index >= 15 is 0 Å². The summed E-state index contributed by atoms with van der Waals surface area (Å²) in [6.45, 7) is 0. The summed E-state index contributed by atoms with van der Waals surface area (Å²) < 4.78 is 0. The van der Waals surface area contributed by atoms with E-state index in [2.05, 4.69) is 4.98 Å². The molecule has 0 fully saturated rings. The van der Waals surface area contributed by atoms with Crippen LogP contribution in [0.2, 0.25) is 5.02 Å². The molecule has 0 saturated carbocycles. The number of anilines is 1. The average Bonchev–Trinajstić information content (AvgIpc) is 2.32. The van der Waals surface area contributed by atoms with Gasteiger partial charge in [0.25, 0.3) is 0 Å². The fraction of sp³-hybridized carbons (Fsp3) is 0. The summed E-state index contributed by atoms with van der Waals surface area (Å²) in [5, 5.41) is 9.94. The monoisotopic (exact) mass is 261 g/mol. The first-order valence-corrected chi connectivity index (χ1v) is 5.98.